The Morgan fingerprint density at radius 1 is 1.47 bits per heavy atom. The molecule has 3 N–H and O–H groups in total. The number of imidazole rings is 1. The van der Waals surface area contributed by atoms with Gasteiger partial charge in [-0.2, -0.15) is 0 Å². The predicted octanol–water partition coefficient (Wildman–Crippen LogP) is 1.39. The summed E-state index contributed by atoms with van der Waals surface area (Å²) in [5, 5.41) is 2.55. The van der Waals surface area contributed by atoms with Gasteiger partial charge in [0.2, 0.25) is 0 Å². The first-order valence-corrected chi connectivity index (χ1v) is 4.90. The van der Waals surface area contributed by atoms with Crippen molar-refractivity contribution in [3.8, 4) is 0 Å². The second kappa shape index (κ2) is 4.25. The van der Waals surface area contributed by atoms with Crippen LogP contribution in [0.4, 0.5) is 15.8 Å². The van der Waals surface area contributed by atoms with E-state index in [2.05, 4.69) is 10.3 Å². The highest BCUT2D eigenvalue weighted by Crippen LogP contribution is 2.16. The average Bonchev–Trinajstić information content (AvgIpc) is 2.62. The summed E-state index contributed by atoms with van der Waals surface area (Å²) in [5.41, 5.74) is 6.43. The minimum atomic E-state index is -0.495. The number of halogens is 1. The third kappa shape index (κ3) is 2.41. The molecule has 0 fully saturated rings. The average molecular weight is 234 g/mol. The van der Waals surface area contributed by atoms with Gasteiger partial charge in [0.25, 0.3) is 5.91 Å². The van der Waals surface area contributed by atoms with Gasteiger partial charge in [0.05, 0.1) is 12.5 Å². The first-order chi connectivity index (χ1) is 8.06. The number of aryl methyl sites for hydroxylation is 1. The van der Waals surface area contributed by atoms with Gasteiger partial charge in [0.15, 0.2) is 0 Å². The van der Waals surface area contributed by atoms with E-state index in [-0.39, 0.29) is 11.6 Å². The third-order valence-electron chi connectivity index (χ3n) is 2.23. The molecule has 0 bridgehead atoms. The van der Waals surface area contributed by atoms with Gasteiger partial charge in [-0.15, -0.1) is 0 Å². The monoisotopic (exact) mass is 234 g/mol. The van der Waals surface area contributed by atoms with Gasteiger partial charge >= 0.3 is 0 Å². The highest BCUT2D eigenvalue weighted by molar-refractivity contribution is 6.03. The van der Waals surface area contributed by atoms with Crippen molar-refractivity contribution in [1.82, 2.24) is 9.55 Å². The maximum absolute atomic E-state index is 13.1. The van der Waals surface area contributed by atoms with Crippen LogP contribution in [-0.4, -0.2) is 15.5 Å². The molecule has 1 aromatic heterocycles. The van der Waals surface area contributed by atoms with Crippen LogP contribution in [0.25, 0.3) is 0 Å². The van der Waals surface area contributed by atoms with Crippen molar-refractivity contribution in [3.05, 3.63) is 42.2 Å². The van der Waals surface area contributed by atoms with Gasteiger partial charge in [0.1, 0.15) is 11.5 Å². The highest BCUT2D eigenvalue weighted by atomic mass is 19.1. The molecule has 88 valence electrons. The van der Waals surface area contributed by atoms with Crippen LogP contribution in [0.2, 0.25) is 0 Å². The van der Waals surface area contributed by atoms with Crippen molar-refractivity contribution in [1.29, 1.82) is 0 Å². The Balaban J connectivity index is 2.21. The normalized spacial score (nSPS) is 10.2. The molecule has 1 amide bonds. The molecule has 5 nitrogen and oxygen atoms in total. The number of carbonyl (C=O) groups excluding carboxylic acids is 1. The van der Waals surface area contributed by atoms with Crippen LogP contribution in [0, 0.1) is 5.82 Å². The number of rotatable bonds is 2. The number of carbonyl (C=O) groups is 1. The standard InChI is InChI=1S/C11H11FN4O/c1-16-6-14-5-10(16)11(17)15-9-3-7(12)2-8(13)4-9/h2-6H,13H2,1H3,(H,15,17). The second-order valence-corrected chi connectivity index (χ2v) is 3.62. The van der Waals surface area contributed by atoms with E-state index in [1.54, 1.807) is 11.6 Å². The molecule has 0 unspecified atom stereocenters. The van der Waals surface area contributed by atoms with Crippen molar-refractivity contribution in [3.63, 3.8) is 0 Å². The number of hydrogen-bond donors (Lipinski definition) is 2. The number of benzene rings is 1. The molecule has 0 aliphatic rings. The zero-order valence-electron chi connectivity index (χ0n) is 9.14. The number of nitrogen functional groups attached to an aromatic ring is 1. The lowest BCUT2D eigenvalue weighted by molar-refractivity contribution is 0.101. The summed E-state index contributed by atoms with van der Waals surface area (Å²) in [6, 6.07) is 3.86. The molecule has 0 atom stereocenters. The first kappa shape index (κ1) is 11.1. The van der Waals surface area contributed by atoms with E-state index in [0.29, 0.717) is 11.4 Å². The molecule has 0 spiro atoms. The SMILES string of the molecule is Cn1cncc1C(=O)Nc1cc(N)cc(F)c1. The summed E-state index contributed by atoms with van der Waals surface area (Å²) >= 11 is 0. The van der Waals surface area contributed by atoms with Gasteiger partial charge in [-0.25, -0.2) is 9.37 Å². The molecule has 0 aliphatic heterocycles. The van der Waals surface area contributed by atoms with Crippen LogP contribution < -0.4 is 11.1 Å². The summed E-state index contributed by atoms with van der Waals surface area (Å²) in [7, 11) is 1.70. The predicted molar refractivity (Wildman–Crippen MR) is 62.0 cm³/mol. The van der Waals surface area contributed by atoms with E-state index in [4.69, 9.17) is 5.73 Å². The van der Waals surface area contributed by atoms with Crippen LogP contribution >= 0.6 is 0 Å². The first-order valence-electron chi connectivity index (χ1n) is 4.90. The lowest BCUT2D eigenvalue weighted by Crippen LogP contribution is -2.15. The summed E-state index contributed by atoms with van der Waals surface area (Å²) in [6.45, 7) is 0. The van der Waals surface area contributed by atoms with Crippen LogP contribution in [0.5, 0.6) is 0 Å². The molecule has 0 saturated heterocycles. The Morgan fingerprint density at radius 2 is 2.24 bits per heavy atom. The van der Waals surface area contributed by atoms with Crippen molar-refractivity contribution in [2.75, 3.05) is 11.1 Å². The molecule has 0 radical (unpaired) electrons. The summed E-state index contributed by atoms with van der Waals surface area (Å²) in [6.07, 6.45) is 2.94. The summed E-state index contributed by atoms with van der Waals surface area (Å²) < 4.78 is 14.6. The van der Waals surface area contributed by atoms with E-state index in [0.717, 1.165) is 0 Å². The molecular formula is C11H11FN4O. The Kier molecular flexibility index (Phi) is 2.78. The number of nitrogens with two attached hydrogens (primary N) is 1. The fourth-order valence-electron chi connectivity index (χ4n) is 1.46. The molecule has 0 aliphatic carbocycles. The Bertz CT molecular complexity index is 544. The molecule has 17 heavy (non-hydrogen) atoms. The minimum absolute atomic E-state index is 0.255. The third-order valence-corrected chi connectivity index (χ3v) is 2.23. The van der Waals surface area contributed by atoms with Crippen LogP contribution in [0.15, 0.2) is 30.7 Å². The smallest absolute Gasteiger partial charge is 0.273 e. The van der Waals surface area contributed by atoms with E-state index in [1.165, 1.54) is 30.7 Å². The van der Waals surface area contributed by atoms with E-state index < -0.39 is 5.82 Å². The molecular weight excluding hydrogens is 223 g/mol. The molecule has 6 heteroatoms. The van der Waals surface area contributed by atoms with Gasteiger partial charge in [-0.1, -0.05) is 0 Å². The number of amides is 1. The zero-order valence-corrected chi connectivity index (χ0v) is 9.14. The maximum atomic E-state index is 13.1. The van der Waals surface area contributed by atoms with Crippen molar-refractivity contribution in [2.24, 2.45) is 7.05 Å². The summed E-state index contributed by atoms with van der Waals surface area (Å²) in [5.74, 6) is -0.861. The van der Waals surface area contributed by atoms with Crippen molar-refractivity contribution in [2.45, 2.75) is 0 Å². The van der Waals surface area contributed by atoms with Crippen LogP contribution in [-0.2, 0) is 7.05 Å². The zero-order chi connectivity index (χ0) is 12.4. The maximum Gasteiger partial charge on any atom is 0.273 e. The number of aromatic nitrogens is 2. The molecule has 2 aromatic rings. The molecule has 2 rings (SSSR count). The molecule has 1 heterocycles. The Labute approximate surface area is 97.1 Å². The van der Waals surface area contributed by atoms with Crippen molar-refractivity contribution < 1.29 is 9.18 Å². The van der Waals surface area contributed by atoms with E-state index in [9.17, 15) is 9.18 Å². The fraction of sp³-hybridized carbons (Fsp3) is 0.0909. The Morgan fingerprint density at radius 3 is 2.82 bits per heavy atom. The lowest BCUT2D eigenvalue weighted by Gasteiger charge is -2.06. The highest BCUT2D eigenvalue weighted by Gasteiger charge is 2.10. The number of anilines is 2. The number of hydrogen-bond acceptors (Lipinski definition) is 3. The topological polar surface area (TPSA) is 72.9 Å². The number of nitrogens with one attached hydrogen (secondary N) is 1. The second-order valence-electron chi connectivity index (χ2n) is 3.62. The Hall–Kier alpha value is -2.37. The van der Waals surface area contributed by atoms with Gasteiger partial charge in [-0.3, -0.25) is 4.79 Å². The quantitative estimate of drug-likeness (QED) is 0.771. The van der Waals surface area contributed by atoms with Gasteiger partial charge < -0.3 is 15.6 Å². The lowest BCUT2D eigenvalue weighted by atomic mass is 10.2. The molecule has 1 aromatic carbocycles. The largest absolute Gasteiger partial charge is 0.399 e. The minimum Gasteiger partial charge on any atom is -0.399 e. The van der Waals surface area contributed by atoms with Gasteiger partial charge in [0, 0.05) is 18.4 Å². The van der Waals surface area contributed by atoms with E-state index >= 15 is 0 Å². The van der Waals surface area contributed by atoms with Crippen LogP contribution in [0.3, 0.4) is 0 Å². The van der Waals surface area contributed by atoms with E-state index in [1.807, 2.05) is 0 Å². The van der Waals surface area contributed by atoms with Crippen molar-refractivity contribution >= 4 is 17.3 Å². The number of nitrogens with zero attached hydrogens (tertiary/aromatic N) is 2. The van der Waals surface area contributed by atoms with Gasteiger partial charge in [-0.05, 0) is 18.2 Å². The fourth-order valence-corrected chi connectivity index (χ4v) is 1.46. The van der Waals surface area contributed by atoms with Crippen LogP contribution in [0.1, 0.15) is 10.5 Å². The summed E-state index contributed by atoms with van der Waals surface area (Å²) in [4.78, 5) is 15.6. The molecule has 0 saturated carbocycles.